The maximum Gasteiger partial charge on any atom is 0.215 e. The summed E-state index contributed by atoms with van der Waals surface area (Å²) in [5, 5.41) is 0. The van der Waals surface area contributed by atoms with E-state index in [1.165, 1.54) is 25.7 Å². The molecule has 0 aromatic carbocycles. The van der Waals surface area contributed by atoms with E-state index in [0.29, 0.717) is 12.0 Å². The molecule has 0 aromatic rings. The molecule has 0 spiro atoms. The van der Waals surface area contributed by atoms with E-state index in [9.17, 15) is 8.78 Å². The van der Waals surface area contributed by atoms with Crippen LogP contribution in [0.25, 0.3) is 0 Å². The van der Waals surface area contributed by atoms with Gasteiger partial charge in [0.1, 0.15) is 0 Å². The molecule has 0 N–H and O–H groups in total. The van der Waals surface area contributed by atoms with Gasteiger partial charge in [0.15, 0.2) is 5.83 Å². The van der Waals surface area contributed by atoms with Crippen LogP contribution in [0.5, 0.6) is 0 Å². The van der Waals surface area contributed by atoms with Crippen LogP contribution in [-0.2, 0) is 0 Å². The van der Waals surface area contributed by atoms with Crippen LogP contribution >= 0.6 is 22.6 Å². The predicted molar refractivity (Wildman–Crippen MR) is 77.7 cm³/mol. The summed E-state index contributed by atoms with van der Waals surface area (Å²) in [5.41, 5.74) is 0.559. The zero-order chi connectivity index (χ0) is 12.7. The summed E-state index contributed by atoms with van der Waals surface area (Å²) in [5.74, 6) is -0.561. The van der Waals surface area contributed by atoms with Crippen molar-refractivity contribution in [1.82, 2.24) is 0 Å². The van der Waals surface area contributed by atoms with Gasteiger partial charge >= 0.3 is 0 Å². The Bertz CT molecular complexity index is 293. The highest BCUT2D eigenvalue weighted by atomic mass is 127. The third kappa shape index (κ3) is 5.06. The van der Waals surface area contributed by atoms with Crippen molar-refractivity contribution in [2.45, 2.75) is 62.0 Å². The third-order valence-corrected chi connectivity index (χ3v) is 4.01. The van der Waals surface area contributed by atoms with E-state index >= 15 is 0 Å². The summed E-state index contributed by atoms with van der Waals surface area (Å²) in [6.07, 6.45) is 11.4. The molecule has 0 aromatic heterocycles. The Morgan fingerprint density at radius 3 is 2.59 bits per heavy atom. The van der Waals surface area contributed by atoms with Crippen LogP contribution in [0.15, 0.2) is 23.6 Å². The smallest absolute Gasteiger partial charge is 0.215 e. The largest absolute Gasteiger partial charge is 0.224 e. The maximum absolute atomic E-state index is 13.7. The van der Waals surface area contributed by atoms with Crippen LogP contribution in [0, 0.1) is 0 Å². The minimum absolute atomic E-state index is 0.152. The Balaban J connectivity index is 2.29. The van der Waals surface area contributed by atoms with Crippen molar-refractivity contribution < 1.29 is 8.78 Å². The molecule has 1 unspecified atom stereocenters. The molecule has 98 valence electrons. The van der Waals surface area contributed by atoms with Gasteiger partial charge in [0, 0.05) is 6.42 Å². The van der Waals surface area contributed by atoms with Gasteiger partial charge in [-0.15, -0.1) is 0 Å². The van der Waals surface area contributed by atoms with Gasteiger partial charge in [0.2, 0.25) is 3.68 Å². The van der Waals surface area contributed by atoms with E-state index in [1.807, 2.05) is 0 Å². The lowest BCUT2D eigenvalue weighted by Gasteiger charge is -2.20. The average molecular weight is 354 g/mol. The number of rotatable bonds is 7. The minimum Gasteiger partial charge on any atom is -0.224 e. The SMILES string of the molecule is CCCCCCCCC1=C(F)C(F)(I)CC=C1. The lowest BCUT2D eigenvalue weighted by atomic mass is 9.98. The van der Waals surface area contributed by atoms with E-state index in [4.69, 9.17) is 0 Å². The van der Waals surface area contributed by atoms with Gasteiger partial charge in [0.05, 0.1) is 0 Å². The molecular formula is C14H21F2I. The van der Waals surface area contributed by atoms with Crippen LogP contribution in [0.3, 0.4) is 0 Å². The molecule has 0 saturated carbocycles. The Kier molecular flexibility index (Phi) is 6.67. The summed E-state index contributed by atoms with van der Waals surface area (Å²) in [6, 6.07) is 0. The summed E-state index contributed by atoms with van der Waals surface area (Å²) in [6.45, 7) is 2.19. The molecule has 1 atom stereocenters. The highest BCUT2D eigenvalue weighted by Crippen LogP contribution is 2.41. The Labute approximate surface area is 117 Å². The Morgan fingerprint density at radius 2 is 1.88 bits per heavy atom. The highest BCUT2D eigenvalue weighted by molar-refractivity contribution is 14.1. The second-order valence-corrected chi connectivity index (χ2v) is 6.38. The standard InChI is InChI=1S/C14H21F2I/c1-2-3-4-5-6-7-9-12-10-8-11-14(16,17)13(12)15/h8,10H,2-7,9,11H2,1H3. The normalized spacial score (nSPS) is 24.5. The molecular weight excluding hydrogens is 333 g/mol. The number of hydrogen-bond acceptors (Lipinski definition) is 0. The van der Waals surface area contributed by atoms with Gasteiger partial charge < -0.3 is 0 Å². The second-order valence-electron chi connectivity index (χ2n) is 4.67. The van der Waals surface area contributed by atoms with Gasteiger partial charge in [-0.2, -0.15) is 0 Å². The monoisotopic (exact) mass is 354 g/mol. The molecule has 1 aliphatic carbocycles. The average Bonchev–Trinajstić information content (AvgIpc) is 2.29. The van der Waals surface area contributed by atoms with E-state index in [2.05, 4.69) is 6.92 Å². The zero-order valence-corrected chi connectivity index (χ0v) is 12.6. The van der Waals surface area contributed by atoms with E-state index in [1.54, 1.807) is 34.7 Å². The first-order valence-corrected chi connectivity index (χ1v) is 7.59. The minimum atomic E-state index is -1.80. The molecule has 0 aliphatic heterocycles. The van der Waals surface area contributed by atoms with Crippen molar-refractivity contribution in [3.63, 3.8) is 0 Å². The van der Waals surface area contributed by atoms with Gasteiger partial charge in [0.25, 0.3) is 0 Å². The Morgan fingerprint density at radius 1 is 1.24 bits per heavy atom. The van der Waals surface area contributed by atoms with Crippen LogP contribution in [0.2, 0.25) is 0 Å². The van der Waals surface area contributed by atoms with Gasteiger partial charge in [-0.3, -0.25) is 0 Å². The molecule has 17 heavy (non-hydrogen) atoms. The van der Waals surface area contributed by atoms with Gasteiger partial charge in [-0.25, -0.2) is 8.78 Å². The number of halogens is 3. The molecule has 0 saturated heterocycles. The summed E-state index contributed by atoms with van der Waals surface area (Å²) < 4.78 is 25.6. The van der Waals surface area contributed by atoms with E-state index in [0.717, 1.165) is 12.8 Å². The maximum atomic E-state index is 13.7. The predicted octanol–water partition coefficient (Wildman–Crippen LogP) is 6.02. The number of allylic oxidation sites excluding steroid dienone is 4. The van der Waals surface area contributed by atoms with Crippen LogP contribution < -0.4 is 0 Å². The van der Waals surface area contributed by atoms with Crippen molar-refractivity contribution in [1.29, 1.82) is 0 Å². The van der Waals surface area contributed by atoms with Gasteiger partial charge in [-0.1, -0.05) is 51.2 Å². The molecule has 0 amide bonds. The van der Waals surface area contributed by atoms with Gasteiger partial charge in [-0.05, 0) is 41.0 Å². The van der Waals surface area contributed by atoms with Crippen molar-refractivity contribution in [3.8, 4) is 0 Å². The van der Waals surface area contributed by atoms with Crippen LogP contribution in [0.4, 0.5) is 8.78 Å². The van der Waals surface area contributed by atoms with Crippen molar-refractivity contribution >= 4 is 22.6 Å². The van der Waals surface area contributed by atoms with E-state index in [-0.39, 0.29) is 6.42 Å². The van der Waals surface area contributed by atoms with Crippen molar-refractivity contribution in [3.05, 3.63) is 23.6 Å². The lowest BCUT2D eigenvalue weighted by Crippen LogP contribution is -2.17. The second kappa shape index (κ2) is 7.49. The fourth-order valence-corrected chi connectivity index (χ4v) is 2.64. The summed E-state index contributed by atoms with van der Waals surface area (Å²) >= 11 is 1.56. The quantitative estimate of drug-likeness (QED) is 0.298. The number of hydrogen-bond donors (Lipinski definition) is 0. The summed E-state index contributed by atoms with van der Waals surface area (Å²) in [4.78, 5) is 0. The van der Waals surface area contributed by atoms with Crippen molar-refractivity contribution in [2.24, 2.45) is 0 Å². The topological polar surface area (TPSA) is 0 Å². The number of unbranched alkanes of at least 4 members (excludes halogenated alkanes) is 5. The first-order valence-electron chi connectivity index (χ1n) is 6.51. The molecule has 0 radical (unpaired) electrons. The first-order chi connectivity index (χ1) is 8.08. The lowest BCUT2D eigenvalue weighted by molar-refractivity contribution is 0.301. The molecule has 0 heterocycles. The highest BCUT2D eigenvalue weighted by Gasteiger charge is 2.34. The zero-order valence-electron chi connectivity index (χ0n) is 10.4. The number of alkyl halides is 2. The summed E-state index contributed by atoms with van der Waals surface area (Å²) in [7, 11) is 0. The molecule has 0 bridgehead atoms. The fourth-order valence-electron chi connectivity index (χ4n) is 2.04. The molecule has 0 fully saturated rings. The van der Waals surface area contributed by atoms with Crippen LogP contribution in [0.1, 0.15) is 58.3 Å². The van der Waals surface area contributed by atoms with E-state index < -0.39 is 9.50 Å². The molecule has 0 nitrogen and oxygen atoms in total. The Hall–Kier alpha value is 0.0700. The fraction of sp³-hybridized carbons (Fsp3) is 0.714. The van der Waals surface area contributed by atoms with Crippen LogP contribution in [-0.4, -0.2) is 3.68 Å². The molecule has 1 aliphatic rings. The van der Waals surface area contributed by atoms with Crippen molar-refractivity contribution in [2.75, 3.05) is 0 Å². The first kappa shape index (κ1) is 15.1. The third-order valence-electron chi connectivity index (χ3n) is 3.10. The molecule has 1 rings (SSSR count). The molecule has 3 heteroatoms.